The van der Waals surface area contributed by atoms with Crippen molar-refractivity contribution >= 4 is 28.2 Å². The van der Waals surface area contributed by atoms with E-state index >= 15 is 0 Å². The molecular formula is C18H15F3N4O2S. The smallest absolute Gasteiger partial charge is 0.419 e. The molecule has 0 saturated heterocycles. The minimum absolute atomic E-state index is 0.403. The van der Waals surface area contributed by atoms with E-state index in [9.17, 15) is 18.0 Å². The molecule has 10 heteroatoms. The van der Waals surface area contributed by atoms with Gasteiger partial charge in [0.25, 0.3) is 0 Å². The van der Waals surface area contributed by atoms with Crippen molar-refractivity contribution in [2.24, 2.45) is 0 Å². The number of thiazole rings is 1. The standard InChI is InChI=1S/C18H15F3N4O2S/c19-18(20,21)11-4-6-12(7-5-11)23-16-24-13-2-1-3-14(15(13)28-16)27-17(26)25-9-8-22-10-25/h4-10,14H,1-3H2,(H,23,24). The molecule has 0 bridgehead atoms. The van der Waals surface area contributed by atoms with Crippen LogP contribution in [-0.4, -0.2) is 20.6 Å². The first-order valence-corrected chi connectivity index (χ1v) is 9.34. The summed E-state index contributed by atoms with van der Waals surface area (Å²) in [5.74, 6) is 0. The molecule has 1 aliphatic rings. The Morgan fingerprint density at radius 3 is 2.75 bits per heavy atom. The summed E-state index contributed by atoms with van der Waals surface area (Å²) in [5.41, 5.74) is 0.642. The van der Waals surface area contributed by atoms with Crippen molar-refractivity contribution in [1.82, 2.24) is 14.5 Å². The number of carbonyl (C=O) groups is 1. The zero-order valence-corrected chi connectivity index (χ0v) is 15.3. The monoisotopic (exact) mass is 408 g/mol. The number of hydrogen-bond donors (Lipinski definition) is 1. The molecule has 4 rings (SSSR count). The van der Waals surface area contributed by atoms with Crippen LogP contribution >= 0.6 is 11.3 Å². The van der Waals surface area contributed by atoms with Crippen molar-refractivity contribution in [3.05, 3.63) is 59.1 Å². The quantitative estimate of drug-likeness (QED) is 0.648. The summed E-state index contributed by atoms with van der Waals surface area (Å²) in [7, 11) is 0. The zero-order valence-electron chi connectivity index (χ0n) is 14.4. The molecule has 6 nitrogen and oxygen atoms in total. The van der Waals surface area contributed by atoms with Gasteiger partial charge < -0.3 is 10.1 Å². The molecule has 1 N–H and O–H groups in total. The maximum Gasteiger partial charge on any atom is 0.419 e. The maximum absolute atomic E-state index is 12.7. The van der Waals surface area contributed by atoms with Gasteiger partial charge in [0.2, 0.25) is 0 Å². The number of benzene rings is 1. The third kappa shape index (κ3) is 3.86. The third-order valence-electron chi connectivity index (χ3n) is 4.32. The summed E-state index contributed by atoms with van der Waals surface area (Å²) in [6, 6.07) is 4.76. The number of alkyl halides is 3. The van der Waals surface area contributed by atoms with Crippen LogP contribution < -0.4 is 5.32 Å². The van der Waals surface area contributed by atoms with E-state index in [1.165, 1.54) is 46.8 Å². The van der Waals surface area contributed by atoms with Gasteiger partial charge in [-0.3, -0.25) is 0 Å². The number of fused-ring (bicyclic) bond motifs is 1. The minimum atomic E-state index is -4.37. The molecule has 0 radical (unpaired) electrons. The number of aryl methyl sites for hydroxylation is 1. The fourth-order valence-electron chi connectivity index (χ4n) is 2.96. The molecule has 2 heterocycles. The third-order valence-corrected chi connectivity index (χ3v) is 5.43. The normalized spacial score (nSPS) is 16.5. The van der Waals surface area contributed by atoms with Crippen molar-refractivity contribution in [2.45, 2.75) is 31.5 Å². The van der Waals surface area contributed by atoms with Gasteiger partial charge in [-0.25, -0.2) is 19.3 Å². The number of nitrogens with one attached hydrogen (secondary N) is 1. The molecule has 1 aromatic carbocycles. The molecule has 146 valence electrons. The van der Waals surface area contributed by atoms with Crippen LogP contribution in [0.15, 0.2) is 43.0 Å². The Bertz CT molecular complexity index is 968. The van der Waals surface area contributed by atoms with Crippen LogP contribution in [0.5, 0.6) is 0 Å². The summed E-state index contributed by atoms with van der Waals surface area (Å²) in [5, 5.41) is 3.58. The highest BCUT2D eigenvalue weighted by atomic mass is 32.1. The maximum atomic E-state index is 12.7. The summed E-state index contributed by atoms with van der Waals surface area (Å²) in [4.78, 5) is 21.4. The van der Waals surface area contributed by atoms with Gasteiger partial charge in [0.15, 0.2) is 5.13 Å². The minimum Gasteiger partial charge on any atom is -0.440 e. The van der Waals surface area contributed by atoms with E-state index in [-0.39, 0.29) is 0 Å². The number of anilines is 2. The van der Waals surface area contributed by atoms with Gasteiger partial charge in [-0.15, -0.1) is 0 Å². The second kappa shape index (κ2) is 7.27. The van der Waals surface area contributed by atoms with E-state index in [1.54, 1.807) is 0 Å². The molecule has 1 aliphatic carbocycles. The second-order valence-electron chi connectivity index (χ2n) is 6.26. The van der Waals surface area contributed by atoms with E-state index in [2.05, 4.69) is 15.3 Å². The van der Waals surface area contributed by atoms with Crippen LogP contribution in [0.1, 0.15) is 35.1 Å². The Balaban J connectivity index is 1.49. The van der Waals surface area contributed by atoms with Crippen LogP contribution in [0.2, 0.25) is 0 Å². The van der Waals surface area contributed by atoms with Crippen molar-refractivity contribution in [3.63, 3.8) is 0 Å². The summed E-state index contributed by atoms with van der Waals surface area (Å²) in [6.45, 7) is 0. The Morgan fingerprint density at radius 2 is 2.07 bits per heavy atom. The number of hydrogen-bond acceptors (Lipinski definition) is 6. The van der Waals surface area contributed by atoms with E-state index in [0.29, 0.717) is 17.2 Å². The molecule has 28 heavy (non-hydrogen) atoms. The first-order chi connectivity index (χ1) is 13.4. The van der Waals surface area contributed by atoms with E-state index in [4.69, 9.17) is 4.74 Å². The van der Waals surface area contributed by atoms with Crippen LogP contribution in [0.3, 0.4) is 0 Å². The lowest BCUT2D eigenvalue weighted by Gasteiger charge is -2.21. The SMILES string of the molecule is O=C(OC1CCCc2nc(Nc3ccc(C(F)(F)F)cc3)sc21)n1ccnc1. The van der Waals surface area contributed by atoms with Gasteiger partial charge in [0.1, 0.15) is 12.4 Å². The lowest BCUT2D eigenvalue weighted by molar-refractivity contribution is -0.137. The van der Waals surface area contributed by atoms with Gasteiger partial charge in [-0.1, -0.05) is 11.3 Å². The largest absolute Gasteiger partial charge is 0.440 e. The van der Waals surface area contributed by atoms with Crippen molar-refractivity contribution in [1.29, 1.82) is 0 Å². The number of halogens is 3. The average Bonchev–Trinajstić information content (AvgIpc) is 3.31. The van der Waals surface area contributed by atoms with Crippen LogP contribution in [-0.2, 0) is 17.3 Å². The Kier molecular flexibility index (Phi) is 4.80. The lowest BCUT2D eigenvalue weighted by Crippen LogP contribution is -2.18. The predicted molar refractivity (Wildman–Crippen MR) is 96.6 cm³/mol. The number of imidazole rings is 1. The molecule has 3 aromatic rings. The Morgan fingerprint density at radius 1 is 1.29 bits per heavy atom. The zero-order chi connectivity index (χ0) is 19.7. The summed E-state index contributed by atoms with van der Waals surface area (Å²) in [6.07, 6.45) is 1.37. The Hall–Kier alpha value is -2.88. The van der Waals surface area contributed by atoms with E-state index in [1.807, 2.05) is 0 Å². The molecule has 0 aliphatic heterocycles. The molecule has 1 atom stereocenters. The van der Waals surface area contributed by atoms with Gasteiger partial charge in [-0.05, 0) is 43.5 Å². The summed E-state index contributed by atoms with van der Waals surface area (Å²) >= 11 is 1.34. The number of aromatic nitrogens is 3. The highest BCUT2D eigenvalue weighted by Crippen LogP contribution is 2.39. The molecule has 0 fully saturated rings. The molecular weight excluding hydrogens is 393 g/mol. The number of ether oxygens (including phenoxy) is 1. The highest BCUT2D eigenvalue weighted by Gasteiger charge is 2.30. The van der Waals surface area contributed by atoms with Crippen molar-refractivity contribution in [3.8, 4) is 0 Å². The van der Waals surface area contributed by atoms with Gasteiger partial charge in [-0.2, -0.15) is 13.2 Å². The van der Waals surface area contributed by atoms with E-state index in [0.717, 1.165) is 35.5 Å². The van der Waals surface area contributed by atoms with Gasteiger partial charge >= 0.3 is 12.3 Å². The predicted octanol–water partition coefficient (Wildman–Crippen LogP) is 5.16. The van der Waals surface area contributed by atoms with Gasteiger partial charge in [0, 0.05) is 18.1 Å². The molecule has 2 aromatic heterocycles. The molecule has 0 saturated carbocycles. The number of carbonyl (C=O) groups excluding carboxylic acids is 1. The second-order valence-corrected chi connectivity index (χ2v) is 7.30. The lowest BCUT2D eigenvalue weighted by atomic mass is 10.0. The van der Waals surface area contributed by atoms with Gasteiger partial charge in [0.05, 0.1) is 16.1 Å². The van der Waals surface area contributed by atoms with Crippen LogP contribution in [0, 0.1) is 0 Å². The highest BCUT2D eigenvalue weighted by molar-refractivity contribution is 7.15. The first-order valence-electron chi connectivity index (χ1n) is 8.53. The number of nitrogens with zero attached hydrogens (tertiary/aromatic N) is 3. The van der Waals surface area contributed by atoms with Crippen LogP contribution in [0.25, 0.3) is 0 Å². The summed E-state index contributed by atoms with van der Waals surface area (Å²) < 4.78 is 44.9. The Labute approximate surface area is 162 Å². The van der Waals surface area contributed by atoms with E-state index < -0.39 is 23.9 Å². The topological polar surface area (TPSA) is 69.0 Å². The molecule has 0 spiro atoms. The fourth-order valence-corrected chi connectivity index (χ4v) is 4.06. The average molecular weight is 408 g/mol. The van der Waals surface area contributed by atoms with Crippen molar-refractivity contribution in [2.75, 3.05) is 5.32 Å². The van der Waals surface area contributed by atoms with Crippen LogP contribution in [0.4, 0.5) is 28.8 Å². The number of rotatable bonds is 3. The molecule has 1 unspecified atom stereocenters. The first kappa shape index (κ1) is 18.5. The fraction of sp³-hybridized carbons (Fsp3) is 0.278. The van der Waals surface area contributed by atoms with Crippen molar-refractivity contribution < 1.29 is 22.7 Å². The molecule has 0 amide bonds.